The van der Waals surface area contributed by atoms with Gasteiger partial charge < -0.3 is 0 Å². The average Bonchev–Trinajstić information content (AvgIpc) is 2.20. The third-order valence-corrected chi connectivity index (χ3v) is 3.57. The summed E-state index contributed by atoms with van der Waals surface area (Å²) in [6, 6.07) is 0. The van der Waals surface area contributed by atoms with E-state index >= 15 is 0 Å². The minimum Gasteiger partial charge on any atom is -0.0991 e. The highest BCUT2D eigenvalue weighted by molar-refractivity contribution is 5.39. The maximum absolute atomic E-state index is 3.85. The van der Waals surface area contributed by atoms with E-state index in [2.05, 4.69) is 39.5 Å². The third-order valence-electron chi connectivity index (χ3n) is 3.57. The summed E-state index contributed by atoms with van der Waals surface area (Å²) in [5, 5.41) is 0. The van der Waals surface area contributed by atoms with Crippen molar-refractivity contribution >= 4 is 0 Å². The molecule has 0 aromatic carbocycles. The van der Waals surface area contributed by atoms with Gasteiger partial charge in [0, 0.05) is 0 Å². The van der Waals surface area contributed by atoms with Gasteiger partial charge in [-0.15, -0.1) is 0 Å². The van der Waals surface area contributed by atoms with Gasteiger partial charge >= 0.3 is 0 Å². The van der Waals surface area contributed by atoms with Crippen LogP contribution < -0.4 is 0 Å². The molecule has 84 valence electrons. The molecule has 0 aliphatic heterocycles. The van der Waals surface area contributed by atoms with Crippen LogP contribution in [0.2, 0.25) is 0 Å². The smallest absolute Gasteiger partial charge is 0.00726 e. The predicted octanol–water partition coefficient (Wildman–Crippen LogP) is 5.04. The fourth-order valence-corrected chi connectivity index (χ4v) is 2.48. The zero-order valence-electron chi connectivity index (χ0n) is 10.5. The lowest BCUT2D eigenvalue weighted by molar-refractivity contribution is 0.217. The Bertz CT molecular complexity index is 274. The lowest BCUT2D eigenvalue weighted by atomic mass is 9.63. The van der Waals surface area contributed by atoms with Crippen LogP contribution in [0.4, 0.5) is 0 Å². The fraction of sp³-hybridized carbons (Fsp3) is 0.600. The molecule has 0 amide bonds. The molecule has 1 fully saturated rings. The second kappa shape index (κ2) is 5.34. The molecule has 0 saturated heterocycles. The van der Waals surface area contributed by atoms with Crippen molar-refractivity contribution in [2.75, 3.05) is 0 Å². The van der Waals surface area contributed by atoms with Gasteiger partial charge in [0.25, 0.3) is 0 Å². The predicted molar refractivity (Wildman–Crippen MR) is 68.9 cm³/mol. The van der Waals surface area contributed by atoms with Crippen LogP contribution in [0.1, 0.15) is 52.9 Å². The minimum absolute atomic E-state index is 0.436. The van der Waals surface area contributed by atoms with Gasteiger partial charge in [0.1, 0.15) is 0 Å². The Kier molecular flexibility index (Phi) is 4.38. The zero-order valence-corrected chi connectivity index (χ0v) is 10.5. The van der Waals surface area contributed by atoms with Crippen molar-refractivity contribution in [2.24, 2.45) is 5.41 Å². The van der Waals surface area contributed by atoms with Crippen molar-refractivity contribution in [3.8, 4) is 0 Å². The molecular weight excluding hydrogens is 180 g/mol. The molecule has 0 heteroatoms. The monoisotopic (exact) mass is 204 g/mol. The molecule has 0 radical (unpaired) electrons. The molecule has 0 heterocycles. The maximum Gasteiger partial charge on any atom is -0.00726 e. The second-order valence-electron chi connectivity index (χ2n) is 4.72. The van der Waals surface area contributed by atoms with Crippen LogP contribution in [0.3, 0.4) is 0 Å². The van der Waals surface area contributed by atoms with E-state index in [1.54, 1.807) is 0 Å². The zero-order chi connectivity index (χ0) is 11.3. The van der Waals surface area contributed by atoms with Crippen LogP contribution >= 0.6 is 0 Å². The second-order valence-corrected chi connectivity index (χ2v) is 4.72. The van der Waals surface area contributed by atoms with E-state index in [1.165, 1.54) is 30.4 Å². The van der Waals surface area contributed by atoms with Crippen LogP contribution in [0.25, 0.3) is 0 Å². The quantitative estimate of drug-likeness (QED) is 0.551. The lowest BCUT2D eigenvalue weighted by Gasteiger charge is -2.41. The van der Waals surface area contributed by atoms with Crippen LogP contribution in [-0.4, -0.2) is 0 Å². The SMILES string of the molecule is C=C/C=C(\C(=C/CC)CC)C1(C)CCC1. The largest absolute Gasteiger partial charge is 0.0991 e. The van der Waals surface area contributed by atoms with E-state index in [4.69, 9.17) is 0 Å². The van der Waals surface area contributed by atoms with Crippen LogP contribution in [0, 0.1) is 5.41 Å². The Hall–Kier alpha value is -0.780. The Labute approximate surface area is 94.8 Å². The summed E-state index contributed by atoms with van der Waals surface area (Å²) in [4.78, 5) is 0. The first-order chi connectivity index (χ1) is 7.18. The molecule has 1 aliphatic carbocycles. The normalized spacial score (nSPS) is 21.0. The molecule has 0 N–H and O–H groups in total. The Morgan fingerprint density at radius 2 is 2.00 bits per heavy atom. The van der Waals surface area contributed by atoms with Crippen LogP contribution in [-0.2, 0) is 0 Å². The van der Waals surface area contributed by atoms with Gasteiger partial charge in [-0.3, -0.25) is 0 Å². The molecule has 0 atom stereocenters. The number of rotatable bonds is 5. The van der Waals surface area contributed by atoms with Gasteiger partial charge in [0.05, 0.1) is 0 Å². The molecule has 0 unspecified atom stereocenters. The average molecular weight is 204 g/mol. The van der Waals surface area contributed by atoms with Crippen molar-refractivity contribution in [1.82, 2.24) is 0 Å². The van der Waals surface area contributed by atoms with Crippen molar-refractivity contribution in [3.05, 3.63) is 36.0 Å². The summed E-state index contributed by atoms with van der Waals surface area (Å²) in [6.07, 6.45) is 12.9. The van der Waals surface area contributed by atoms with Crippen LogP contribution in [0.15, 0.2) is 36.0 Å². The summed E-state index contributed by atoms with van der Waals surface area (Å²) >= 11 is 0. The highest BCUT2D eigenvalue weighted by Crippen LogP contribution is 2.49. The van der Waals surface area contributed by atoms with Crippen molar-refractivity contribution in [1.29, 1.82) is 0 Å². The molecule has 15 heavy (non-hydrogen) atoms. The van der Waals surface area contributed by atoms with Gasteiger partial charge in [0.15, 0.2) is 0 Å². The summed E-state index contributed by atoms with van der Waals surface area (Å²) in [6.45, 7) is 10.7. The molecule has 0 aromatic rings. The van der Waals surface area contributed by atoms with E-state index in [1.807, 2.05) is 6.08 Å². The fourth-order valence-electron chi connectivity index (χ4n) is 2.48. The van der Waals surface area contributed by atoms with Gasteiger partial charge in [-0.1, -0.05) is 52.0 Å². The molecule has 0 bridgehead atoms. The Morgan fingerprint density at radius 1 is 1.33 bits per heavy atom. The van der Waals surface area contributed by atoms with Crippen molar-refractivity contribution < 1.29 is 0 Å². The highest BCUT2D eigenvalue weighted by atomic mass is 14.4. The molecule has 0 nitrogen and oxygen atoms in total. The molecule has 0 spiro atoms. The van der Waals surface area contributed by atoms with E-state index < -0.39 is 0 Å². The summed E-state index contributed by atoms with van der Waals surface area (Å²) in [5.74, 6) is 0. The first kappa shape index (κ1) is 12.3. The van der Waals surface area contributed by atoms with Crippen LogP contribution in [0.5, 0.6) is 0 Å². The maximum atomic E-state index is 3.85. The summed E-state index contributed by atoms with van der Waals surface area (Å²) in [5.41, 5.74) is 3.50. The standard InChI is InChI=1S/C15H24/c1-5-9-13(7-3)14(10-6-2)15(4)11-8-12-15/h6,9-10H,2,5,7-8,11-12H2,1,3-4H3/b13-9-,14-10+. The van der Waals surface area contributed by atoms with Gasteiger partial charge in [-0.25, -0.2) is 0 Å². The first-order valence-corrected chi connectivity index (χ1v) is 6.20. The summed E-state index contributed by atoms with van der Waals surface area (Å²) in [7, 11) is 0. The number of hydrogen-bond acceptors (Lipinski definition) is 0. The van der Waals surface area contributed by atoms with Gasteiger partial charge in [0.2, 0.25) is 0 Å². The highest BCUT2D eigenvalue weighted by Gasteiger charge is 2.35. The summed E-state index contributed by atoms with van der Waals surface area (Å²) < 4.78 is 0. The van der Waals surface area contributed by atoms with E-state index in [0.717, 1.165) is 12.8 Å². The lowest BCUT2D eigenvalue weighted by Crippen LogP contribution is -2.28. The molecular formula is C15H24. The van der Waals surface area contributed by atoms with Crippen molar-refractivity contribution in [3.63, 3.8) is 0 Å². The Balaban J connectivity index is 2.96. The Morgan fingerprint density at radius 3 is 2.33 bits per heavy atom. The topological polar surface area (TPSA) is 0 Å². The van der Waals surface area contributed by atoms with Gasteiger partial charge in [-0.05, 0) is 42.2 Å². The first-order valence-electron chi connectivity index (χ1n) is 6.20. The van der Waals surface area contributed by atoms with E-state index in [0.29, 0.717) is 5.41 Å². The molecule has 1 aliphatic rings. The van der Waals surface area contributed by atoms with E-state index in [-0.39, 0.29) is 0 Å². The number of allylic oxidation sites excluding steroid dienone is 5. The number of hydrogen-bond donors (Lipinski definition) is 0. The van der Waals surface area contributed by atoms with E-state index in [9.17, 15) is 0 Å². The molecule has 1 rings (SSSR count). The molecule has 0 aromatic heterocycles. The third kappa shape index (κ3) is 2.62. The minimum atomic E-state index is 0.436. The molecule has 1 saturated carbocycles. The van der Waals surface area contributed by atoms with Gasteiger partial charge in [-0.2, -0.15) is 0 Å². The van der Waals surface area contributed by atoms with Crippen molar-refractivity contribution in [2.45, 2.75) is 52.9 Å².